The van der Waals surface area contributed by atoms with Gasteiger partial charge in [0.15, 0.2) is 6.61 Å². The maximum absolute atomic E-state index is 13.4. The molecule has 0 aliphatic heterocycles. The van der Waals surface area contributed by atoms with Crippen molar-refractivity contribution in [1.29, 1.82) is 0 Å². The van der Waals surface area contributed by atoms with Gasteiger partial charge in [0.1, 0.15) is 11.6 Å². The van der Waals surface area contributed by atoms with Gasteiger partial charge in [0, 0.05) is 11.6 Å². The molecule has 2 aromatic carbocycles. The van der Waals surface area contributed by atoms with Crippen molar-refractivity contribution in [3.63, 3.8) is 0 Å². The van der Waals surface area contributed by atoms with E-state index in [2.05, 4.69) is 10.1 Å². The van der Waals surface area contributed by atoms with Crippen LogP contribution in [0.25, 0.3) is 0 Å². The first-order valence-electron chi connectivity index (χ1n) is 6.59. The topological polar surface area (TPSA) is 55.4 Å². The fraction of sp³-hybridized carbons (Fsp3) is 0.125. The molecular weight excluding hydrogens is 328 g/mol. The van der Waals surface area contributed by atoms with Gasteiger partial charge < -0.3 is 10.1 Å². The fourth-order valence-corrected chi connectivity index (χ4v) is 1.84. The molecule has 23 heavy (non-hydrogen) atoms. The summed E-state index contributed by atoms with van der Waals surface area (Å²) in [5.74, 6) is -3.36. The highest BCUT2D eigenvalue weighted by Crippen LogP contribution is 2.11. The third kappa shape index (κ3) is 5.03. The molecule has 7 heteroatoms. The second kappa shape index (κ2) is 7.69. The van der Waals surface area contributed by atoms with Crippen molar-refractivity contribution >= 4 is 23.5 Å². The molecule has 0 atom stereocenters. The molecule has 120 valence electrons. The van der Waals surface area contributed by atoms with Crippen molar-refractivity contribution < 1.29 is 23.1 Å². The van der Waals surface area contributed by atoms with E-state index < -0.39 is 35.7 Å². The molecule has 2 aromatic rings. The van der Waals surface area contributed by atoms with Crippen molar-refractivity contribution in [3.05, 3.63) is 70.2 Å². The van der Waals surface area contributed by atoms with Gasteiger partial charge in [-0.1, -0.05) is 23.7 Å². The molecule has 0 heterocycles. The number of nitrogens with one attached hydrogen (secondary N) is 1. The van der Waals surface area contributed by atoms with Crippen molar-refractivity contribution in [2.75, 3.05) is 6.61 Å². The van der Waals surface area contributed by atoms with Crippen LogP contribution in [0.2, 0.25) is 5.02 Å². The third-order valence-corrected chi connectivity index (χ3v) is 3.14. The summed E-state index contributed by atoms with van der Waals surface area (Å²) in [7, 11) is 0. The standard InChI is InChI=1S/C16H12ClF2NO3/c17-11-3-1-10(2-4-11)8-20-15(21)9-23-16(22)13-7-12(18)5-6-14(13)19/h1-7H,8-9H2,(H,20,21). The highest BCUT2D eigenvalue weighted by Gasteiger charge is 2.15. The van der Waals surface area contributed by atoms with Crippen molar-refractivity contribution in [1.82, 2.24) is 5.32 Å². The first-order valence-corrected chi connectivity index (χ1v) is 6.97. The van der Waals surface area contributed by atoms with Gasteiger partial charge in [-0.3, -0.25) is 4.79 Å². The van der Waals surface area contributed by atoms with E-state index >= 15 is 0 Å². The highest BCUT2D eigenvalue weighted by molar-refractivity contribution is 6.30. The summed E-state index contributed by atoms with van der Waals surface area (Å²) < 4.78 is 31.0. The molecule has 0 bridgehead atoms. The van der Waals surface area contributed by atoms with E-state index in [1.165, 1.54) is 0 Å². The van der Waals surface area contributed by atoms with Crippen LogP contribution in [0, 0.1) is 11.6 Å². The van der Waals surface area contributed by atoms with Crippen molar-refractivity contribution in [2.24, 2.45) is 0 Å². The lowest BCUT2D eigenvalue weighted by atomic mass is 10.2. The van der Waals surface area contributed by atoms with Crippen LogP contribution in [0.15, 0.2) is 42.5 Å². The molecule has 0 aliphatic rings. The summed E-state index contributed by atoms with van der Waals surface area (Å²) in [5, 5.41) is 3.10. The van der Waals surface area contributed by atoms with E-state index in [-0.39, 0.29) is 6.54 Å². The summed E-state index contributed by atoms with van der Waals surface area (Å²) in [6, 6.07) is 9.22. The summed E-state index contributed by atoms with van der Waals surface area (Å²) in [6.07, 6.45) is 0. The largest absolute Gasteiger partial charge is 0.452 e. The number of esters is 1. The molecule has 0 radical (unpaired) electrons. The van der Waals surface area contributed by atoms with Gasteiger partial charge in [0.25, 0.3) is 5.91 Å². The molecule has 0 saturated carbocycles. The first-order chi connectivity index (χ1) is 11.0. The van der Waals surface area contributed by atoms with Gasteiger partial charge in [-0.15, -0.1) is 0 Å². The van der Waals surface area contributed by atoms with Gasteiger partial charge in [0.05, 0.1) is 5.56 Å². The molecule has 1 N–H and O–H groups in total. The van der Waals surface area contributed by atoms with Crippen LogP contribution in [0.4, 0.5) is 8.78 Å². The predicted molar refractivity (Wildman–Crippen MR) is 79.9 cm³/mol. The number of carbonyl (C=O) groups excluding carboxylic acids is 2. The SMILES string of the molecule is O=C(COC(=O)c1cc(F)ccc1F)NCc1ccc(Cl)cc1. The second-order valence-corrected chi connectivity index (χ2v) is 5.04. The zero-order valence-corrected chi connectivity index (χ0v) is 12.6. The second-order valence-electron chi connectivity index (χ2n) is 4.60. The van der Waals surface area contributed by atoms with Crippen LogP contribution >= 0.6 is 11.6 Å². The van der Waals surface area contributed by atoms with Gasteiger partial charge >= 0.3 is 5.97 Å². The van der Waals surface area contributed by atoms with E-state index in [4.69, 9.17) is 11.6 Å². The summed E-state index contributed by atoms with van der Waals surface area (Å²) in [4.78, 5) is 23.2. The van der Waals surface area contributed by atoms with Gasteiger partial charge in [-0.05, 0) is 35.9 Å². The first kappa shape index (κ1) is 16.9. The summed E-state index contributed by atoms with van der Waals surface area (Å²) >= 11 is 5.74. The molecular formula is C16H12ClF2NO3. The molecule has 0 unspecified atom stereocenters. The average Bonchev–Trinajstić information content (AvgIpc) is 2.54. The maximum Gasteiger partial charge on any atom is 0.341 e. The Balaban J connectivity index is 1.83. The van der Waals surface area contributed by atoms with Gasteiger partial charge in [-0.2, -0.15) is 0 Å². The maximum atomic E-state index is 13.4. The molecule has 1 amide bonds. The third-order valence-electron chi connectivity index (χ3n) is 2.89. The summed E-state index contributed by atoms with van der Waals surface area (Å²) in [5.41, 5.74) is 0.251. The minimum atomic E-state index is -1.11. The predicted octanol–water partition coefficient (Wildman–Crippen LogP) is 3.09. The average molecular weight is 340 g/mol. The molecule has 0 spiro atoms. The Morgan fingerprint density at radius 3 is 2.48 bits per heavy atom. The molecule has 4 nitrogen and oxygen atoms in total. The van der Waals surface area contributed by atoms with E-state index in [9.17, 15) is 18.4 Å². The van der Waals surface area contributed by atoms with Crippen LogP contribution in [-0.2, 0) is 16.1 Å². The Labute approximate surface area is 136 Å². The Kier molecular flexibility index (Phi) is 5.65. The number of carbonyl (C=O) groups is 2. The molecule has 0 saturated heterocycles. The number of rotatable bonds is 5. The lowest BCUT2D eigenvalue weighted by molar-refractivity contribution is -0.124. The quantitative estimate of drug-likeness (QED) is 0.852. The van der Waals surface area contributed by atoms with Crippen molar-refractivity contribution in [3.8, 4) is 0 Å². The lowest BCUT2D eigenvalue weighted by Crippen LogP contribution is -2.28. The van der Waals surface area contributed by atoms with Crippen molar-refractivity contribution in [2.45, 2.75) is 6.54 Å². The zero-order chi connectivity index (χ0) is 16.8. The number of benzene rings is 2. The van der Waals surface area contributed by atoms with Crippen LogP contribution in [0.1, 0.15) is 15.9 Å². The van der Waals surface area contributed by atoms with Gasteiger partial charge in [0.2, 0.25) is 0 Å². The molecule has 0 fully saturated rings. The number of amides is 1. The number of halogens is 3. The van der Waals surface area contributed by atoms with Crippen LogP contribution in [0.3, 0.4) is 0 Å². The molecule has 2 rings (SSSR count). The van der Waals surface area contributed by atoms with E-state index in [0.717, 1.165) is 17.7 Å². The smallest absolute Gasteiger partial charge is 0.341 e. The van der Waals surface area contributed by atoms with Gasteiger partial charge in [-0.25, -0.2) is 13.6 Å². The lowest BCUT2D eigenvalue weighted by Gasteiger charge is -2.07. The zero-order valence-electron chi connectivity index (χ0n) is 11.8. The minimum Gasteiger partial charge on any atom is -0.452 e. The number of ether oxygens (including phenoxy) is 1. The molecule has 0 aliphatic carbocycles. The van der Waals surface area contributed by atoms with E-state index in [1.54, 1.807) is 24.3 Å². The minimum absolute atomic E-state index is 0.224. The van der Waals surface area contributed by atoms with Crippen LogP contribution in [0.5, 0.6) is 0 Å². The monoisotopic (exact) mass is 339 g/mol. The Morgan fingerprint density at radius 1 is 1.09 bits per heavy atom. The summed E-state index contributed by atoms with van der Waals surface area (Å²) in [6.45, 7) is -0.371. The van der Waals surface area contributed by atoms with E-state index in [0.29, 0.717) is 11.1 Å². The molecule has 0 aromatic heterocycles. The normalized spacial score (nSPS) is 10.2. The van der Waals surface area contributed by atoms with E-state index in [1.807, 2.05) is 0 Å². The Morgan fingerprint density at radius 2 is 1.78 bits per heavy atom. The highest BCUT2D eigenvalue weighted by atomic mass is 35.5. The van der Waals surface area contributed by atoms with Crippen LogP contribution < -0.4 is 5.32 Å². The van der Waals surface area contributed by atoms with Crippen LogP contribution in [-0.4, -0.2) is 18.5 Å². The number of hydrogen-bond acceptors (Lipinski definition) is 3. The Hall–Kier alpha value is -2.47. The fourth-order valence-electron chi connectivity index (χ4n) is 1.72. The Bertz CT molecular complexity index is 720. The number of hydrogen-bond donors (Lipinski definition) is 1.